The average molecular weight is 402 g/mol. The number of aryl methyl sites for hydroxylation is 1. The maximum atomic E-state index is 12.9. The summed E-state index contributed by atoms with van der Waals surface area (Å²) in [5.74, 6) is -0.125. The molecule has 0 saturated carbocycles. The van der Waals surface area contributed by atoms with Gasteiger partial charge in [0.25, 0.3) is 0 Å². The minimum atomic E-state index is -0.403. The number of amides is 1. The van der Waals surface area contributed by atoms with Gasteiger partial charge in [0.15, 0.2) is 0 Å². The van der Waals surface area contributed by atoms with Crippen LogP contribution >= 0.6 is 11.8 Å². The zero-order valence-corrected chi connectivity index (χ0v) is 17.8. The van der Waals surface area contributed by atoms with Gasteiger partial charge in [0, 0.05) is 16.9 Å². The van der Waals surface area contributed by atoms with Crippen molar-refractivity contribution in [2.75, 3.05) is 5.32 Å². The van der Waals surface area contributed by atoms with Gasteiger partial charge in [-0.15, -0.1) is 0 Å². The van der Waals surface area contributed by atoms with Crippen LogP contribution < -0.4 is 5.32 Å². The molecule has 0 spiro atoms. The van der Waals surface area contributed by atoms with Crippen LogP contribution in [0.3, 0.4) is 0 Å². The van der Waals surface area contributed by atoms with E-state index in [2.05, 4.69) is 16.4 Å². The predicted octanol–water partition coefficient (Wildman–Crippen LogP) is 5.66. The largest absolute Gasteiger partial charge is 0.325 e. The van der Waals surface area contributed by atoms with Crippen LogP contribution in [-0.4, -0.2) is 16.1 Å². The molecule has 1 aromatic heterocycles. The maximum absolute atomic E-state index is 12.9. The van der Waals surface area contributed by atoms with Gasteiger partial charge in [0.2, 0.25) is 5.91 Å². The first-order valence-corrected chi connectivity index (χ1v) is 10.3. The number of benzene rings is 2. The lowest BCUT2D eigenvalue weighted by Gasteiger charge is -2.16. The summed E-state index contributed by atoms with van der Waals surface area (Å²) in [5, 5.41) is 12.8. The number of aromatic nitrogens is 1. The van der Waals surface area contributed by atoms with E-state index in [-0.39, 0.29) is 5.91 Å². The highest BCUT2D eigenvalue weighted by Gasteiger charge is 2.21. The number of carbonyl (C=O) groups excluding carboxylic acids is 1. The second kappa shape index (κ2) is 8.93. The van der Waals surface area contributed by atoms with Crippen molar-refractivity contribution in [1.82, 2.24) is 4.98 Å². The number of hydrogen-bond acceptors (Lipinski definition) is 4. The van der Waals surface area contributed by atoms with E-state index >= 15 is 0 Å². The number of nitrogens with zero attached hydrogens (tertiary/aromatic N) is 2. The van der Waals surface area contributed by atoms with Gasteiger partial charge < -0.3 is 5.32 Å². The second-order valence-electron chi connectivity index (χ2n) is 6.90. The Kier molecular flexibility index (Phi) is 6.36. The molecule has 1 amide bonds. The molecule has 0 aliphatic carbocycles. The average Bonchev–Trinajstić information content (AvgIpc) is 2.73. The van der Waals surface area contributed by atoms with Crippen LogP contribution in [-0.2, 0) is 4.79 Å². The molecule has 0 aliphatic heterocycles. The molecule has 0 fully saturated rings. The van der Waals surface area contributed by atoms with E-state index < -0.39 is 5.25 Å². The fraction of sp³-hybridized carbons (Fsp3) is 0.208. The fourth-order valence-electron chi connectivity index (χ4n) is 3.05. The van der Waals surface area contributed by atoms with Crippen LogP contribution in [0.2, 0.25) is 0 Å². The van der Waals surface area contributed by atoms with E-state index in [1.165, 1.54) is 11.8 Å². The Morgan fingerprint density at radius 2 is 1.69 bits per heavy atom. The number of rotatable bonds is 5. The predicted molar refractivity (Wildman–Crippen MR) is 119 cm³/mol. The maximum Gasteiger partial charge on any atom is 0.237 e. The molecule has 1 N–H and O–H groups in total. The van der Waals surface area contributed by atoms with Gasteiger partial charge in [-0.2, -0.15) is 5.26 Å². The van der Waals surface area contributed by atoms with Crippen molar-refractivity contribution in [3.63, 3.8) is 0 Å². The van der Waals surface area contributed by atoms with E-state index in [4.69, 9.17) is 0 Å². The molecule has 1 atom stereocenters. The zero-order valence-electron chi connectivity index (χ0n) is 17.0. The van der Waals surface area contributed by atoms with Gasteiger partial charge in [0.1, 0.15) is 11.1 Å². The molecule has 3 rings (SSSR count). The van der Waals surface area contributed by atoms with Crippen molar-refractivity contribution in [3.8, 4) is 17.2 Å². The lowest BCUT2D eigenvalue weighted by molar-refractivity contribution is -0.115. The van der Waals surface area contributed by atoms with Crippen molar-refractivity contribution >= 4 is 23.4 Å². The molecule has 1 heterocycles. The summed E-state index contributed by atoms with van der Waals surface area (Å²) in [6.45, 7) is 7.64. The number of nitriles is 1. The van der Waals surface area contributed by atoms with Crippen molar-refractivity contribution < 1.29 is 4.79 Å². The van der Waals surface area contributed by atoms with Crippen molar-refractivity contribution in [2.24, 2.45) is 0 Å². The van der Waals surface area contributed by atoms with Crippen LogP contribution in [0.25, 0.3) is 11.1 Å². The molecule has 3 aromatic rings. The van der Waals surface area contributed by atoms with Gasteiger partial charge >= 0.3 is 0 Å². The van der Waals surface area contributed by atoms with Gasteiger partial charge in [-0.1, -0.05) is 60.3 Å². The Morgan fingerprint density at radius 3 is 2.38 bits per heavy atom. The minimum Gasteiger partial charge on any atom is -0.325 e. The number of carbonyl (C=O) groups is 1. The topological polar surface area (TPSA) is 65.8 Å². The highest BCUT2D eigenvalue weighted by atomic mass is 32.2. The number of anilines is 1. The Hall–Kier alpha value is -3.10. The summed E-state index contributed by atoms with van der Waals surface area (Å²) in [5.41, 5.74) is 6.14. The molecular weight excluding hydrogens is 378 g/mol. The monoisotopic (exact) mass is 401 g/mol. The van der Waals surface area contributed by atoms with E-state index in [1.807, 2.05) is 82.3 Å². The molecule has 5 heteroatoms. The highest BCUT2D eigenvalue weighted by Crippen LogP contribution is 2.31. The summed E-state index contributed by atoms with van der Waals surface area (Å²) in [6.07, 6.45) is 0. The van der Waals surface area contributed by atoms with Gasteiger partial charge in [0.05, 0.1) is 10.8 Å². The lowest BCUT2D eigenvalue weighted by atomic mass is 10.0. The second-order valence-corrected chi connectivity index (χ2v) is 8.23. The first kappa shape index (κ1) is 20.6. The Labute approximate surface area is 176 Å². The SMILES string of the molecule is Cc1nc(S[C@@H](C)C(=O)Nc2ccccc2-c2ccccc2)c(C#N)c(C)c1C. The van der Waals surface area contributed by atoms with E-state index in [9.17, 15) is 10.1 Å². The quantitative estimate of drug-likeness (QED) is 0.560. The molecule has 146 valence electrons. The molecule has 0 radical (unpaired) electrons. The highest BCUT2D eigenvalue weighted by molar-refractivity contribution is 8.00. The van der Waals surface area contributed by atoms with Gasteiger partial charge in [-0.05, 0) is 50.5 Å². The van der Waals surface area contributed by atoms with E-state index in [1.54, 1.807) is 0 Å². The summed E-state index contributed by atoms with van der Waals surface area (Å²) >= 11 is 1.32. The number of hydrogen-bond donors (Lipinski definition) is 1. The molecule has 0 unspecified atom stereocenters. The first-order valence-electron chi connectivity index (χ1n) is 9.42. The molecular formula is C24H23N3OS. The van der Waals surface area contributed by atoms with Crippen LogP contribution in [0.5, 0.6) is 0 Å². The van der Waals surface area contributed by atoms with Crippen LogP contribution in [0.15, 0.2) is 59.6 Å². The minimum absolute atomic E-state index is 0.125. The number of nitrogens with one attached hydrogen (secondary N) is 1. The van der Waals surface area contributed by atoms with Crippen LogP contribution in [0, 0.1) is 32.1 Å². The third-order valence-electron chi connectivity index (χ3n) is 5.00. The Bertz CT molecular complexity index is 1090. The summed E-state index contributed by atoms with van der Waals surface area (Å²) < 4.78 is 0. The molecule has 4 nitrogen and oxygen atoms in total. The van der Waals surface area contributed by atoms with Crippen LogP contribution in [0.1, 0.15) is 29.3 Å². The first-order chi connectivity index (χ1) is 13.9. The molecule has 0 saturated heterocycles. The van der Waals surface area contributed by atoms with Crippen molar-refractivity contribution in [1.29, 1.82) is 5.26 Å². The summed E-state index contributed by atoms with van der Waals surface area (Å²) in [6, 6.07) is 19.9. The van der Waals surface area contributed by atoms with E-state index in [0.717, 1.165) is 33.6 Å². The molecule has 29 heavy (non-hydrogen) atoms. The van der Waals surface area contributed by atoms with Gasteiger partial charge in [-0.3, -0.25) is 4.79 Å². The summed E-state index contributed by atoms with van der Waals surface area (Å²) in [4.78, 5) is 17.5. The molecule has 2 aromatic carbocycles. The Balaban J connectivity index is 1.83. The molecule has 0 bridgehead atoms. The third kappa shape index (κ3) is 4.49. The zero-order chi connectivity index (χ0) is 21.0. The van der Waals surface area contributed by atoms with Crippen molar-refractivity contribution in [3.05, 3.63) is 77.0 Å². The molecule has 0 aliphatic rings. The Morgan fingerprint density at radius 1 is 1.03 bits per heavy atom. The summed E-state index contributed by atoms with van der Waals surface area (Å²) in [7, 11) is 0. The van der Waals surface area contributed by atoms with Crippen LogP contribution in [0.4, 0.5) is 5.69 Å². The normalized spacial score (nSPS) is 11.6. The van der Waals surface area contributed by atoms with Crippen molar-refractivity contribution in [2.45, 2.75) is 38.0 Å². The third-order valence-corrected chi connectivity index (χ3v) is 6.09. The number of para-hydroxylation sites is 1. The number of thioether (sulfide) groups is 1. The standard InChI is InChI=1S/C24H23N3OS/c1-15-16(2)21(14-25)24(26-17(15)3)29-18(4)23(28)27-22-13-9-8-12-20(22)19-10-6-5-7-11-19/h5-13,18H,1-4H3,(H,27,28)/t18-/m0/s1. The fourth-order valence-corrected chi connectivity index (χ4v) is 4.05. The van der Waals surface area contributed by atoms with Gasteiger partial charge in [-0.25, -0.2) is 4.98 Å². The number of pyridine rings is 1. The van der Waals surface area contributed by atoms with E-state index in [0.29, 0.717) is 10.6 Å². The lowest BCUT2D eigenvalue weighted by Crippen LogP contribution is -2.23. The smallest absolute Gasteiger partial charge is 0.237 e.